The number of rotatable bonds is 2. The van der Waals surface area contributed by atoms with Gasteiger partial charge in [-0.05, 0) is 24.1 Å². The molecule has 0 aliphatic heterocycles. The Labute approximate surface area is 73.2 Å². The van der Waals surface area contributed by atoms with Crippen LogP contribution in [0.4, 0.5) is 17.6 Å². The molecule has 0 heterocycles. The van der Waals surface area contributed by atoms with Gasteiger partial charge in [0.25, 0.3) is 0 Å². The molecule has 72 valence electrons. The number of halogens is 4. The average molecular weight is 192 g/mol. The number of benzene rings is 1. The van der Waals surface area contributed by atoms with E-state index in [9.17, 15) is 17.6 Å². The van der Waals surface area contributed by atoms with Crippen molar-refractivity contribution in [2.24, 2.45) is 0 Å². The van der Waals surface area contributed by atoms with E-state index in [1.807, 2.05) is 0 Å². The Morgan fingerprint density at radius 3 is 2.00 bits per heavy atom. The fourth-order valence-electron chi connectivity index (χ4n) is 0.937. The van der Waals surface area contributed by atoms with E-state index in [2.05, 4.69) is 0 Å². The van der Waals surface area contributed by atoms with Gasteiger partial charge < -0.3 is 0 Å². The van der Waals surface area contributed by atoms with Crippen LogP contribution in [0.25, 0.3) is 0 Å². The van der Waals surface area contributed by atoms with E-state index in [0.29, 0.717) is 5.56 Å². The molecular formula is C9H8F4. The molecule has 0 amide bonds. The number of hydrogen-bond acceptors (Lipinski definition) is 0. The summed E-state index contributed by atoms with van der Waals surface area (Å²) in [5, 5.41) is 0. The van der Waals surface area contributed by atoms with Crippen LogP contribution in [0.15, 0.2) is 24.3 Å². The summed E-state index contributed by atoms with van der Waals surface area (Å²) >= 11 is 0. The number of alkyl halides is 3. The molecule has 1 rings (SSSR count). The van der Waals surface area contributed by atoms with Crippen molar-refractivity contribution in [1.82, 2.24) is 0 Å². The highest BCUT2D eigenvalue weighted by Crippen LogP contribution is 2.21. The second kappa shape index (κ2) is 3.77. The Morgan fingerprint density at radius 1 is 1.00 bits per heavy atom. The van der Waals surface area contributed by atoms with Gasteiger partial charge >= 0.3 is 6.18 Å². The quantitative estimate of drug-likeness (QED) is 0.630. The molecule has 4 heteroatoms. The zero-order valence-electron chi connectivity index (χ0n) is 6.74. The highest BCUT2D eigenvalue weighted by Gasteiger charge is 2.26. The maximum absolute atomic E-state index is 12.3. The molecule has 0 N–H and O–H groups in total. The summed E-state index contributed by atoms with van der Waals surface area (Å²) in [6.07, 6.45) is -5.10. The molecule has 1 aromatic carbocycles. The Kier molecular flexibility index (Phi) is 2.90. The van der Waals surface area contributed by atoms with Gasteiger partial charge in [0.2, 0.25) is 0 Å². The molecule has 0 aliphatic rings. The highest BCUT2D eigenvalue weighted by molar-refractivity contribution is 5.16. The van der Waals surface area contributed by atoms with Crippen LogP contribution in [-0.2, 0) is 6.42 Å². The molecule has 0 saturated carbocycles. The van der Waals surface area contributed by atoms with Gasteiger partial charge in [-0.2, -0.15) is 13.2 Å². The van der Waals surface area contributed by atoms with E-state index in [1.54, 1.807) is 0 Å². The number of aryl methyl sites for hydroxylation is 1. The van der Waals surface area contributed by atoms with Gasteiger partial charge in [0, 0.05) is 6.42 Å². The van der Waals surface area contributed by atoms with E-state index in [4.69, 9.17) is 0 Å². The van der Waals surface area contributed by atoms with E-state index in [0.717, 1.165) is 12.1 Å². The minimum Gasteiger partial charge on any atom is -0.207 e. The van der Waals surface area contributed by atoms with Crippen LogP contribution in [0.3, 0.4) is 0 Å². The normalized spacial score (nSPS) is 11.7. The summed E-state index contributed by atoms with van der Waals surface area (Å²) in [6.45, 7) is 0. The van der Waals surface area contributed by atoms with Gasteiger partial charge in [-0.15, -0.1) is 0 Å². The molecule has 13 heavy (non-hydrogen) atoms. The second-order valence-electron chi connectivity index (χ2n) is 2.74. The van der Waals surface area contributed by atoms with Crippen LogP contribution in [-0.4, -0.2) is 6.18 Å². The van der Waals surface area contributed by atoms with Crippen molar-refractivity contribution < 1.29 is 17.6 Å². The monoisotopic (exact) mass is 192 g/mol. The van der Waals surface area contributed by atoms with E-state index in [1.165, 1.54) is 12.1 Å². The maximum Gasteiger partial charge on any atom is 0.389 e. The zero-order chi connectivity index (χ0) is 9.90. The van der Waals surface area contributed by atoms with E-state index < -0.39 is 18.4 Å². The molecular weight excluding hydrogens is 184 g/mol. The predicted octanol–water partition coefficient (Wildman–Crippen LogP) is 3.32. The molecule has 0 radical (unpaired) electrons. The SMILES string of the molecule is Fc1ccc(CCC(F)(F)F)cc1. The summed E-state index contributed by atoms with van der Waals surface area (Å²) in [6, 6.07) is 5.04. The standard InChI is InChI=1S/C9H8F4/c10-8-3-1-7(2-4-8)5-6-9(11,12)13/h1-4H,5-6H2. The third-order valence-corrected chi connectivity index (χ3v) is 1.61. The molecule has 0 bridgehead atoms. The van der Waals surface area contributed by atoms with E-state index >= 15 is 0 Å². The predicted molar refractivity (Wildman–Crippen MR) is 40.8 cm³/mol. The lowest BCUT2D eigenvalue weighted by molar-refractivity contribution is -0.133. The van der Waals surface area contributed by atoms with Gasteiger partial charge in [0.15, 0.2) is 0 Å². The Morgan fingerprint density at radius 2 is 1.54 bits per heavy atom. The van der Waals surface area contributed by atoms with Crippen LogP contribution in [0.1, 0.15) is 12.0 Å². The van der Waals surface area contributed by atoms with Gasteiger partial charge in [-0.3, -0.25) is 0 Å². The van der Waals surface area contributed by atoms with Crippen LogP contribution in [0.5, 0.6) is 0 Å². The molecule has 0 saturated heterocycles. The van der Waals surface area contributed by atoms with Crippen molar-refractivity contribution in [3.8, 4) is 0 Å². The summed E-state index contributed by atoms with van der Waals surface area (Å²) in [5.74, 6) is -0.434. The van der Waals surface area contributed by atoms with Gasteiger partial charge in [-0.1, -0.05) is 12.1 Å². The van der Waals surface area contributed by atoms with Crippen molar-refractivity contribution in [2.45, 2.75) is 19.0 Å². The minimum atomic E-state index is -4.14. The first-order valence-electron chi connectivity index (χ1n) is 3.78. The van der Waals surface area contributed by atoms with Crippen molar-refractivity contribution in [3.63, 3.8) is 0 Å². The lowest BCUT2D eigenvalue weighted by atomic mass is 10.1. The van der Waals surface area contributed by atoms with Crippen molar-refractivity contribution in [3.05, 3.63) is 35.6 Å². The Hall–Kier alpha value is -1.06. The summed E-state index contributed by atoms with van der Waals surface area (Å²) < 4.78 is 47.6. The summed E-state index contributed by atoms with van der Waals surface area (Å²) in [7, 11) is 0. The first-order chi connectivity index (χ1) is 5.97. The summed E-state index contributed by atoms with van der Waals surface area (Å²) in [4.78, 5) is 0. The summed E-state index contributed by atoms with van der Waals surface area (Å²) in [5.41, 5.74) is 0.499. The van der Waals surface area contributed by atoms with Crippen molar-refractivity contribution in [2.75, 3.05) is 0 Å². The highest BCUT2D eigenvalue weighted by atomic mass is 19.4. The molecule has 0 aromatic heterocycles. The van der Waals surface area contributed by atoms with Gasteiger partial charge in [-0.25, -0.2) is 4.39 Å². The number of hydrogen-bond donors (Lipinski definition) is 0. The van der Waals surface area contributed by atoms with Gasteiger partial charge in [0.05, 0.1) is 0 Å². The van der Waals surface area contributed by atoms with Crippen LogP contribution < -0.4 is 0 Å². The Bertz CT molecular complexity index is 260. The molecule has 0 aliphatic carbocycles. The van der Waals surface area contributed by atoms with Crippen molar-refractivity contribution in [1.29, 1.82) is 0 Å². The van der Waals surface area contributed by atoms with Crippen LogP contribution in [0, 0.1) is 5.82 Å². The average Bonchev–Trinajstić information content (AvgIpc) is 2.02. The lowest BCUT2D eigenvalue weighted by Gasteiger charge is -2.05. The van der Waals surface area contributed by atoms with Crippen LogP contribution in [0.2, 0.25) is 0 Å². The molecule has 0 atom stereocenters. The lowest BCUT2D eigenvalue weighted by Crippen LogP contribution is -2.08. The zero-order valence-corrected chi connectivity index (χ0v) is 6.74. The third kappa shape index (κ3) is 3.92. The molecule has 0 spiro atoms. The van der Waals surface area contributed by atoms with Crippen LogP contribution >= 0.6 is 0 Å². The fraction of sp³-hybridized carbons (Fsp3) is 0.333. The molecule has 0 nitrogen and oxygen atoms in total. The Balaban J connectivity index is 2.51. The maximum atomic E-state index is 12.3. The van der Waals surface area contributed by atoms with E-state index in [-0.39, 0.29) is 6.42 Å². The molecule has 0 fully saturated rings. The smallest absolute Gasteiger partial charge is 0.207 e. The largest absolute Gasteiger partial charge is 0.389 e. The van der Waals surface area contributed by atoms with Gasteiger partial charge in [0.1, 0.15) is 5.82 Å². The first-order valence-corrected chi connectivity index (χ1v) is 3.78. The first kappa shape index (κ1) is 10.0. The third-order valence-electron chi connectivity index (χ3n) is 1.61. The molecule has 1 aromatic rings. The fourth-order valence-corrected chi connectivity index (χ4v) is 0.937. The topological polar surface area (TPSA) is 0 Å². The second-order valence-corrected chi connectivity index (χ2v) is 2.74. The minimum absolute atomic E-state index is 0.0935. The molecule has 0 unspecified atom stereocenters. The van der Waals surface area contributed by atoms with Crippen molar-refractivity contribution >= 4 is 0 Å².